The van der Waals surface area contributed by atoms with Gasteiger partial charge in [0.1, 0.15) is 5.82 Å². The molecule has 1 aliphatic rings. The molecule has 1 N–H and O–H groups in total. The predicted octanol–water partition coefficient (Wildman–Crippen LogP) is 2.73. The highest BCUT2D eigenvalue weighted by atomic mass is 79.9. The summed E-state index contributed by atoms with van der Waals surface area (Å²) in [5.74, 6) is 0.984. The van der Waals surface area contributed by atoms with Gasteiger partial charge in [0.25, 0.3) is 0 Å². The number of hydrogen-bond donors (Lipinski definition) is 1. The Morgan fingerprint density at radius 2 is 2.33 bits per heavy atom. The molecule has 0 unspecified atom stereocenters. The highest BCUT2D eigenvalue weighted by Gasteiger charge is 2.22. The van der Waals surface area contributed by atoms with Crippen molar-refractivity contribution in [2.75, 3.05) is 5.32 Å². The SMILES string of the molecule is Cc1ccnc(NC2CC2)c1Br. The minimum Gasteiger partial charge on any atom is -0.366 e. The molecular weight excluding hydrogens is 216 g/mol. The maximum Gasteiger partial charge on any atom is 0.140 e. The first-order chi connectivity index (χ1) is 5.77. The second kappa shape index (κ2) is 3.05. The predicted molar refractivity (Wildman–Crippen MR) is 53.3 cm³/mol. The fourth-order valence-corrected chi connectivity index (χ4v) is 1.41. The summed E-state index contributed by atoms with van der Waals surface area (Å²) in [6.07, 6.45) is 4.40. The number of nitrogens with zero attached hydrogens (tertiary/aromatic N) is 1. The van der Waals surface area contributed by atoms with E-state index in [1.165, 1.54) is 18.4 Å². The summed E-state index contributed by atoms with van der Waals surface area (Å²) < 4.78 is 1.09. The summed E-state index contributed by atoms with van der Waals surface area (Å²) in [5, 5.41) is 3.37. The van der Waals surface area contributed by atoms with Crippen molar-refractivity contribution in [1.29, 1.82) is 0 Å². The van der Waals surface area contributed by atoms with Crippen LogP contribution in [0.25, 0.3) is 0 Å². The molecule has 1 saturated carbocycles. The molecule has 0 radical (unpaired) electrons. The number of rotatable bonds is 2. The largest absolute Gasteiger partial charge is 0.366 e. The summed E-state index contributed by atoms with van der Waals surface area (Å²) in [7, 11) is 0. The van der Waals surface area contributed by atoms with Gasteiger partial charge in [-0.15, -0.1) is 0 Å². The number of anilines is 1. The topological polar surface area (TPSA) is 24.9 Å². The number of hydrogen-bond acceptors (Lipinski definition) is 2. The third kappa shape index (κ3) is 1.61. The first-order valence-corrected chi connectivity index (χ1v) is 4.94. The molecule has 1 heterocycles. The Morgan fingerprint density at radius 1 is 1.58 bits per heavy atom. The molecule has 0 saturated heterocycles. The molecule has 1 fully saturated rings. The van der Waals surface area contributed by atoms with E-state index in [1.54, 1.807) is 0 Å². The average molecular weight is 227 g/mol. The highest BCUT2D eigenvalue weighted by molar-refractivity contribution is 9.10. The van der Waals surface area contributed by atoms with Gasteiger partial charge < -0.3 is 5.32 Å². The summed E-state index contributed by atoms with van der Waals surface area (Å²) in [4.78, 5) is 4.26. The summed E-state index contributed by atoms with van der Waals surface area (Å²) >= 11 is 3.51. The molecule has 0 bridgehead atoms. The lowest BCUT2D eigenvalue weighted by atomic mass is 10.3. The van der Waals surface area contributed by atoms with Crippen LogP contribution in [0.2, 0.25) is 0 Å². The fraction of sp³-hybridized carbons (Fsp3) is 0.444. The van der Waals surface area contributed by atoms with Crippen molar-refractivity contribution >= 4 is 21.7 Å². The van der Waals surface area contributed by atoms with Gasteiger partial charge in [-0.3, -0.25) is 0 Å². The molecular formula is C9H11BrN2. The number of pyridine rings is 1. The van der Waals surface area contributed by atoms with Crippen LogP contribution in [0.3, 0.4) is 0 Å². The number of halogens is 1. The van der Waals surface area contributed by atoms with Crippen LogP contribution >= 0.6 is 15.9 Å². The molecule has 1 aromatic heterocycles. The lowest BCUT2D eigenvalue weighted by Gasteiger charge is -2.06. The van der Waals surface area contributed by atoms with E-state index in [1.807, 2.05) is 12.3 Å². The Hall–Kier alpha value is -0.570. The van der Waals surface area contributed by atoms with Crippen LogP contribution in [0.5, 0.6) is 0 Å². The second-order valence-corrected chi connectivity index (χ2v) is 4.00. The molecule has 2 rings (SSSR count). The minimum atomic E-state index is 0.663. The quantitative estimate of drug-likeness (QED) is 0.840. The molecule has 1 aliphatic carbocycles. The molecule has 0 amide bonds. The summed E-state index contributed by atoms with van der Waals surface area (Å²) in [5.41, 5.74) is 1.23. The number of aromatic nitrogens is 1. The third-order valence-corrected chi connectivity index (χ3v) is 3.00. The van der Waals surface area contributed by atoms with E-state index in [4.69, 9.17) is 0 Å². The van der Waals surface area contributed by atoms with Crippen LogP contribution in [-0.4, -0.2) is 11.0 Å². The van der Waals surface area contributed by atoms with E-state index in [9.17, 15) is 0 Å². The molecule has 2 nitrogen and oxygen atoms in total. The first-order valence-electron chi connectivity index (χ1n) is 4.15. The highest BCUT2D eigenvalue weighted by Crippen LogP contribution is 2.29. The fourth-order valence-electron chi connectivity index (χ4n) is 1.06. The van der Waals surface area contributed by atoms with E-state index in [0.29, 0.717) is 6.04 Å². The molecule has 12 heavy (non-hydrogen) atoms. The minimum absolute atomic E-state index is 0.663. The van der Waals surface area contributed by atoms with Crippen LogP contribution in [0.4, 0.5) is 5.82 Å². The zero-order valence-corrected chi connectivity index (χ0v) is 8.56. The van der Waals surface area contributed by atoms with Crippen molar-refractivity contribution in [2.45, 2.75) is 25.8 Å². The maximum atomic E-state index is 4.26. The average Bonchev–Trinajstić information content (AvgIpc) is 2.83. The Labute approximate surface area is 80.5 Å². The van der Waals surface area contributed by atoms with Crippen molar-refractivity contribution in [1.82, 2.24) is 4.98 Å². The zero-order chi connectivity index (χ0) is 8.55. The van der Waals surface area contributed by atoms with E-state index in [-0.39, 0.29) is 0 Å². The number of aryl methyl sites for hydroxylation is 1. The lowest BCUT2D eigenvalue weighted by Crippen LogP contribution is -2.03. The molecule has 0 spiro atoms. The van der Waals surface area contributed by atoms with Gasteiger partial charge in [0.2, 0.25) is 0 Å². The van der Waals surface area contributed by atoms with Crippen LogP contribution in [0, 0.1) is 6.92 Å². The zero-order valence-electron chi connectivity index (χ0n) is 6.97. The van der Waals surface area contributed by atoms with E-state index < -0.39 is 0 Å². The summed E-state index contributed by atoms with van der Waals surface area (Å²) in [6.45, 7) is 2.07. The second-order valence-electron chi connectivity index (χ2n) is 3.21. The van der Waals surface area contributed by atoms with Crippen molar-refractivity contribution in [2.24, 2.45) is 0 Å². The molecule has 64 valence electrons. The van der Waals surface area contributed by atoms with Crippen molar-refractivity contribution < 1.29 is 0 Å². The molecule has 1 aromatic rings. The van der Waals surface area contributed by atoms with E-state index >= 15 is 0 Å². The molecule has 0 aromatic carbocycles. The van der Waals surface area contributed by atoms with Gasteiger partial charge in [0.15, 0.2) is 0 Å². The van der Waals surface area contributed by atoms with E-state index in [0.717, 1.165) is 10.3 Å². The molecule has 0 atom stereocenters. The maximum absolute atomic E-state index is 4.26. The van der Waals surface area contributed by atoms with Gasteiger partial charge >= 0.3 is 0 Å². The Bertz CT molecular complexity index is 295. The monoisotopic (exact) mass is 226 g/mol. The van der Waals surface area contributed by atoms with Crippen LogP contribution < -0.4 is 5.32 Å². The first kappa shape index (κ1) is 8.05. The molecule has 0 aliphatic heterocycles. The van der Waals surface area contributed by atoms with Gasteiger partial charge in [0, 0.05) is 12.2 Å². The molecule has 3 heteroatoms. The van der Waals surface area contributed by atoms with Gasteiger partial charge in [-0.2, -0.15) is 0 Å². The van der Waals surface area contributed by atoms with Gasteiger partial charge in [-0.1, -0.05) is 0 Å². The Morgan fingerprint density at radius 3 is 3.00 bits per heavy atom. The van der Waals surface area contributed by atoms with Gasteiger partial charge in [-0.05, 0) is 47.3 Å². The van der Waals surface area contributed by atoms with Gasteiger partial charge in [0.05, 0.1) is 4.47 Å². The van der Waals surface area contributed by atoms with Crippen LogP contribution in [-0.2, 0) is 0 Å². The standard InChI is InChI=1S/C9H11BrN2/c1-6-4-5-11-9(8(6)10)12-7-2-3-7/h4-5,7H,2-3H2,1H3,(H,11,12). The van der Waals surface area contributed by atoms with Crippen LogP contribution in [0.1, 0.15) is 18.4 Å². The third-order valence-electron chi connectivity index (χ3n) is 2.00. The van der Waals surface area contributed by atoms with Crippen LogP contribution in [0.15, 0.2) is 16.7 Å². The Kier molecular flexibility index (Phi) is 2.05. The number of nitrogens with one attached hydrogen (secondary N) is 1. The summed E-state index contributed by atoms with van der Waals surface area (Å²) in [6, 6.07) is 2.66. The van der Waals surface area contributed by atoms with Crippen molar-refractivity contribution in [3.8, 4) is 0 Å². The lowest BCUT2D eigenvalue weighted by molar-refractivity contribution is 1.10. The van der Waals surface area contributed by atoms with Gasteiger partial charge in [-0.25, -0.2) is 4.98 Å². The smallest absolute Gasteiger partial charge is 0.140 e. The van der Waals surface area contributed by atoms with Crippen molar-refractivity contribution in [3.63, 3.8) is 0 Å². The van der Waals surface area contributed by atoms with E-state index in [2.05, 4.69) is 33.2 Å². The normalized spacial score (nSPS) is 16.2. The van der Waals surface area contributed by atoms with Crippen molar-refractivity contribution in [3.05, 3.63) is 22.3 Å². The Balaban J connectivity index is 2.23.